The maximum Gasteiger partial charge on any atom is 0.227 e. The Morgan fingerprint density at radius 2 is 0.752 bits per heavy atom. The Kier molecular flexibility index (Phi) is 28.5. The van der Waals surface area contributed by atoms with E-state index in [-0.39, 0.29) is 93.7 Å². The van der Waals surface area contributed by atoms with Crippen molar-refractivity contribution in [1.29, 1.82) is 0 Å². The number of halogens is 3. The molecule has 3 aliphatic heterocycles. The average Bonchev–Trinajstić information content (AvgIpc) is 1.62. The number of rotatable bonds is 29. The zero-order valence-electron chi connectivity index (χ0n) is 65.6. The van der Waals surface area contributed by atoms with E-state index in [9.17, 15) is 48.0 Å². The molecule has 3 saturated heterocycles. The number of ether oxygens (including phenoxy) is 4. The van der Waals surface area contributed by atoms with E-state index in [0.717, 1.165) is 53.0 Å². The molecule has 3 fully saturated rings. The zero-order valence-corrected chi connectivity index (χ0v) is 66.6. The first kappa shape index (κ1) is 83.2. The SMILES string of the molecule is COc1ccc([C@@H]2[C@@H](CCC[C@@H](O)c3ccc(F)cc3)CC(=O)N2c2ccccc2)c(O)c1.COc1ccc([C@@H]2[C@H](CCC[C@@H](O)c3ccc(F)cc3)CC(=O)N2c2ccccc2)c(O)c1.COc1ccc([C@@H]2[C@H](CCC[C@@H](O[Si](C)(C)C(C)(C)C)c3ccc(F)cc3)CC(=O)N2c2ccccc2)c(OCc2ccccc2)c1. The predicted octanol–water partition coefficient (Wildman–Crippen LogP) is 21.5. The molecular formula is C94H104F3N3O12Si. The Hall–Kier alpha value is -10.7. The van der Waals surface area contributed by atoms with Crippen molar-refractivity contribution >= 4 is 43.1 Å². The molecular weight excluding hydrogens is 1450 g/mol. The molecule has 0 spiro atoms. The third-order valence-corrected chi connectivity index (χ3v) is 26.9. The van der Waals surface area contributed by atoms with Gasteiger partial charge in [0.25, 0.3) is 0 Å². The molecule has 0 aromatic heterocycles. The zero-order chi connectivity index (χ0) is 80.3. The summed E-state index contributed by atoms with van der Waals surface area (Å²) in [6.07, 6.45) is 5.85. The number of anilines is 3. The van der Waals surface area contributed by atoms with Gasteiger partial charge in [-0.1, -0.05) is 161 Å². The Bertz CT molecular complexity index is 4540. The van der Waals surface area contributed by atoms with Crippen LogP contribution in [-0.2, 0) is 25.4 Å². The van der Waals surface area contributed by atoms with Gasteiger partial charge in [-0.3, -0.25) is 14.4 Å². The Morgan fingerprint density at radius 1 is 0.425 bits per heavy atom. The lowest BCUT2D eigenvalue weighted by molar-refractivity contribution is -0.118. The lowest BCUT2D eigenvalue weighted by Gasteiger charge is -2.39. The number of hydrogen-bond donors (Lipinski definition) is 4. The molecule has 19 heteroatoms. The number of phenols is 2. The number of aliphatic hydroxyl groups is 2. The van der Waals surface area contributed by atoms with Gasteiger partial charge in [0, 0.05) is 71.2 Å². The topological polar surface area (TPSA) is 188 Å². The lowest BCUT2D eigenvalue weighted by Crippen LogP contribution is -2.41. The fourth-order valence-corrected chi connectivity index (χ4v) is 16.8. The second kappa shape index (κ2) is 38.7. The van der Waals surface area contributed by atoms with E-state index in [2.05, 4.69) is 33.9 Å². The lowest BCUT2D eigenvalue weighted by atomic mass is 9.87. The number of carbonyl (C=O) groups excluding carboxylic acids is 3. The van der Waals surface area contributed by atoms with Gasteiger partial charge in [0.2, 0.25) is 17.7 Å². The van der Waals surface area contributed by atoms with Crippen LogP contribution in [0.1, 0.15) is 173 Å². The summed E-state index contributed by atoms with van der Waals surface area (Å²) in [5, 5.41) is 42.5. The van der Waals surface area contributed by atoms with Gasteiger partial charge >= 0.3 is 0 Å². The number of benzene rings is 10. The highest BCUT2D eigenvalue weighted by Crippen LogP contribution is 2.51. The number of carbonyl (C=O) groups is 3. The highest BCUT2D eigenvalue weighted by atomic mass is 28.4. The van der Waals surface area contributed by atoms with Crippen LogP contribution in [-0.4, -0.2) is 67.8 Å². The number of para-hydroxylation sites is 3. The number of phenolic OH excluding ortho intramolecular Hbond substituents is 2. The molecule has 15 nitrogen and oxygen atoms in total. The molecule has 4 N–H and O–H groups in total. The molecule has 0 saturated carbocycles. The van der Waals surface area contributed by atoms with Crippen molar-refractivity contribution < 1.29 is 71.4 Å². The minimum atomic E-state index is -2.12. The predicted molar refractivity (Wildman–Crippen MR) is 439 cm³/mol. The third kappa shape index (κ3) is 21.2. The molecule has 3 heterocycles. The summed E-state index contributed by atoms with van der Waals surface area (Å²) in [5.41, 5.74) is 8.18. The second-order valence-electron chi connectivity index (χ2n) is 30.9. The smallest absolute Gasteiger partial charge is 0.227 e. The number of aromatic hydroxyl groups is 2. The molecule has 9 atom stereocenters. The fraction of sp³-hybridized carbons (Fsp3) is 0.330. The molecule has 113 heavy (non-hydrogen) atoms. The van der Waals surface area contributed by atoms with Crippen molar-refractivity contribution in [3.8, 4) is 34.5 Å². The molecule has 13 rings (SSSR count). The molecule has 0 radical (unpaired) electrons. The Labute approximate surface area is 663 Å². The highest BCUT2D eigenvalue weighted by molar-refractivity contribution is 6.74. The molecule has 0 aliphatic carbocycles. The average molecular weight is 1550 g/mol. The molecule has 3 aliphatic rings. The van der Waals surface area contributed by atoms with E-state index in [1.165, 1.54) is 36.4 Å². The van der Waals surface area contributed by atoms with E-state index in [4.69, 9.17) is 23.4 Å². The van der Waals surface area contributed by atoms with Gasteiger partial charge in [0.1, 0.15) is 58.6 Å². The van der Waals surface area contributed by atoms with Crippen molar-refractivity contribution in [2.24, 2.45) is 17.8 Å². The van der Waals surface area contributed by atoms with Crippen molar-refractivity contribution in [2.45, 2.75) is 159 Å². The first-order valence-corrected chi connectivity index (χ1v) is 41.8. The minimum Gasteiger partial charge on any atom is -0.507 e. The van der Waals surface area contributed by atoms with Gasteiger partial charge in [-0.15, -0.1) is 0 Å². The van der Waals surface area contributed by atoms with Gasteiger partial charge in [-0.2, -0.15) is 0 Å². The Balaban J connectivity index is 0.000000171. The molecule has 592 valence electrons. The van der Waals surface area contributed by atoms with E-state index in [1.807, 2.05) is 169 Å². The van der Waals surface area contributed by atoms with E-state index in [1.54, 1.807) is 79.7 Å². The number of aliphatic hydroxyl groups excluding tert-OH is 2. The molecule has 0 unspecified atom stereocenters. The summed E-state index contributed by atoms with van der Waals surface area (Å²) in [6, 6.07) is 72.8. The van der Waals surface area contributed by atoms with Crippen LogP contribution >= 0.6 is 0 Å². The maximum absolute atomic E-state index is 13.9. The van der Waals surface area contributed by atoms with E-state index < -0.39 is 20.5 Å². The summed E-state index contributed by atoms with van der Waals surface area (Å²) in [6.45, 7) is 11.6. The standard InChI is InChI=1S/C40H48FNO4Si.2C27H28FNO4/c1-40(2,3)47(5,6)46-36(30-20-22-32(41)23-21-30)19-13-16-31-26-38(43)42(33-17-11-8-12-18-33)39(31)35-25-24-34(44-4)27-37(35)45-28-29-14-9-7-10-15-29;2*1-33-22-14-15-23(25(31)17-22)27-19(16-26(32)29(27)21-7-3-2-4-8-21)6-5-9-24(30)18-10-12-20(28)13-11-18/h7-12,14-15,17-18,20-25,27,31,36,39H,13,16,19,26,28H2,1-6H3;2*2-4,7-8,10-15,17,19,24,27,30-31H,5-6,9,16H2,1H3/t31-,36-,39+;19-,24+,27-;19-,24-,27+/m101/s1. The van der Waals surface area contributed by atoms with Crippen LogP contribution in [0.4, 0.5) is 30.2 Å². The normalized spacial score (nSPS) is 18.4. The largest absolute Gasteiger partial charge is 0.507 e. The number of nitrogens with zero attached hydrogens (tertiary/aromatic N) is 3. The molecule has 3 amide bonds. The van der Waals surface area contributed by atoms with Gasteiger partial charge in [0.05, 0.1) is 57.8 Å². The van der Waals surface area contributed by atoms with Crippen LogP contribution in [0.2, 0.25) is 18.1 Å². The van der Waals surface area contributed by atoms with Crippen molar-refractivity contribution in [2.75, 3.05) is 36.0 Å². The maximum atomic E-state index is 13.9. The van der Waals surface area contributed by atoms with Crippen molar-refractivity contribution in [1.82, 2.24) is 0 Å². The first-order valence-electron chi connectivity index (χ1n) is 38.9. The fourth-order valence-electron chi connectivity index (χ4n) is 15.5. The van der Waals surface area contributed by atoms with Gasteiger partial charge < -0.3 is 58.5 Å². The van der Waals surface area contributed by atoms with E-state index in [0.29, 0.717) is 110 Å². The number of amides is 3. The van der Waals surface area contributed by atoms with Crippen molar-refractivity contribution in [3.63, 3.8) is 0 Å². The van der Waals surface area contributed by atoms with Crippen LogP contribution in [0.25, 0.3) is 0 Å². The molecule has 10 aromatic carbocycles. The van der Waals surface area contributed by atoms with Gasteiger partial charge in [-0.25, -0.2) is 13.2 Å². The van der Waals surface area contributed by atoms with E-state index >= 15 is 0 Å². The van der Waals surface area contributed by atoms with Gasteiger partial charge in [-0.05, 0) is 206 Å². The summed E-state index contributed by atoms with van der Waals surface area (Å²) in [4.78, 5) is 45.5. The van der Waals surface area contributed by atoms with Crippen LogP contribution in [0.15, 0.2) is 249 Å². The molecule has 0 bridgehead atoms. The third-order valence-electron chi connectivity index (χ3n) is 22.4. The monoisotopic (exact) mass is 1550 g/mol. The molecule has 10 aromatic rings. The first-order chi connectivity index (χ1) is 54.4. The van der Waals surface area contributed by atoms with Crippen LogP contribution < -0.4 is 33.6 Å². The number of hydrogen-bond acceptors (Lipinski definition) is 12. The van der Waals surface area contributed by atoms with Gasteiger partial charge in [0.15, 0.2) is 8.32 Å². The Morgan fingerprint density at radius 3 is 1.11 bits per heavy atom. The minimum absolute atomic E-state index is 0.00509. The number of methoxy groups -OCH3 is 3. The summed E-state index contributed by atoms with van der Waals surface area (Å²) >= 11 is 0. The summed E-state index contributed by atoms with van der Waals surface area (Å²) in [5.74, 6) is 1.87. The van der Waals surface area contributed by atoms with Crippen LogP contribution in [0, 0.1) is 35.2 Å². The highest BCUT2D eigenvalue weighted by Gasteiger charge is 2.46. The summed E-state index contributed by atoms with van der Waals surface area (Å²) in [7, 11) is 2.62. The van der Waals surface area contributed by atoms with Crippen LogP contribution in [0.3, 0.4) is 0 Å². The quantitative estimate of drug-likeness (QED) is 0.0325. The second-order valence-corrected chi connectivity index (χ2v) is 35.7. The van der Waals surface area contributed by atoms with Crippen molar-refractivity contribution in [3.05, 3.63) is 305 Å². The summed E-state index contributed by atoms with van der Waals surface area (Å²) < 4.78 is 69.7. The van der Waals surface area contributed by atoms with Crippen LogP contribution in [0.5, 0.6) is 34.5 Å².